The topological polar surface area (TPSA) is 66.5 Å². The highest BCUT2D eigenvalue weighted by Gasteiger charge is 2.21. The lowest BCUT2D eigenvalue weighted by Gasteiger charge is -2.30. The van der Waals surface area contributed by atoms with Gasteiger partial charge in [-0.25, -0.2) is 4.79 Å². The van der Waals surface area contributed by atoms with E-state index in [2.05, 4.69) is 31.5 Å². The van der Waals surface area contributed by atoms with E-state index in [1.165, 1.54) is 0 Å². The molecule has 1 aromatic carbocycles. The third-order valence-corrected chi connectivity index (χ3v) is 4.46. The third-order valence-electron chi connectivity index (χ3n) is 3.94. The molecule has 1 fully saturated rings. The summed E-state index contributed by atoms with van der Waals surface area (Å²) in [4.78, 5) is 18.4. The molecule has 1 unspecified atom stereocenters. The Labute approximate surface area is 180 Å². The standard InChI is InChI=1S/C18H21BrN4O2.2ClH/c19-15-5-3-14(4-6-15)12-17(25-16-2-1-7-21-13-16)22-18(24)23-10-8-20-9-11-23;;/h1-7,13,17,20H,8-12H2,(H,22,24);2*1H. The second kappa shape index (κ2) is 12.0. The first-order valence-corrected chi connectivity index (χ1v) is 9.07. The van der Waals surface area contributed by atoms with Crippen LogP contribution in [0.4, 0.5) is 4.79 Å². The van der Waals surface area contributed by atoms with E-state index in [9.17, 15) is 4.79 Å². The number of piperazine rings is 1. The first-order chi connectivity index (χ1) is 12.2. The van der Waals surface area contributed by atoms with Gasteiger partial charge in [0, 0.05) is 43.3 Å². The van der Waals surface area contributed by atoms with Crippen LogP contribution in [0.3, 0.4) is 0 Å². The van der Waals surface area contributed by atoms with Crippen LogP contribution < -0.4 is 15.4 Å². The molecular weight excluding hydrogens is 455 g/mol. The van der Waals surface area contributed by atoms with Crippen molar-refractivity contribution in [3.05, 3.63) is 58.8 Å². The quantitative estimate of drug-likeness (QED) is 0.648. The number of nitrogens with one attached hydrogen (secondary N) is 2. The van der Waals surface area contributed by atoms with E-state index >= 15 is 0 Å². The predicted molar refractivity (Wildman–Crippen MR) is 114 cm³/mol. The molecular formula is C18H23BrCl2N4O2. The van der Waals surface area contributed by atoms with Crippen LogP contribution in [0.5, 0.6) is 5.75 Å². The normalized spacial score (nSPS) is 14.3. The van der Waals surface area contributed by atoms with Crippen molar-refractivity contribution in [2.75, 3.05) is 26.2 Å². The number of halogens is 3. The fraction of sp³-hybridized carbons (Fsp3) is 0.333. The summed E-state index contributed by atoms with van der Waals surface area (Å²) in [5.41, 5.74) is 1.08. The lowest BCUT2D eigenvalue weighted by Crippen LogP contribution is -2.53. The maximum atomic E-state index is 12.5. The summed E-state index contributed by atoms with van der Waals surface area (Å²) in [7, 11) is 0. The number of rotatable bonds is 5. The van der Waals surface area contributed by atoms with Crippen molar-refractivity contribution in [2.45, 2.75) is 12.6 Å². The number of benzene rings is 1. The Bertz CT molecular complexity index is 686. The Kier molecular flexibility index (Phi) is 10.5. The van der Waals surface area contributed by atoms with Crippen LogP contribution in [0.2, 0.25) is 0 Å². The number of hydrogen-bond acceptors (Lipinski definition) is 4. The molecule has 0 aliphatic carbocycles. The second-order valence-corrected chi connectivity index (χ2v) is 6.73. The minimum absolute atomic E-state index is 0. The largest absolute Gasteiger partial charge is 0.469 e. The van der Waals surface area contributed by atoms with Crippen LogP contribution in [-0.4, -0.2) is 48.3 Å². The van der Waals surface area contributed by atoms with Gasteiger partial charge in [-0.1, -0.05) is 28.1 Å². The first-order valence-electron chi connectivity index (χ1n) is 8.28. The summed E-state index contributed by atoms with van der Waals surface area (Å²) < 4.78 is 6.98. The van der Waals surface area contributed by atoms with E-state index in [1.807, 2.05) is 36.4 Å². The molecule has 0 radical (unpaired) electrons. The average Bonchev–Trinajstić information content (AvgIpc) is 2.65. The Morgan fingerprint density at radius 2 is 1.93 bits per heavy atom. The molecule has 1 saturated heterocycles. The Hall–Kier alpha value is -1.54. The van der Waals surface area contributed by atoms with Crippen molar-refractivity contribution >= 4 is 46.8 Å². The van der Waals surface area contributed by atoms with Crippen molar-refractivity contribution in [1.29, 1.82) is 0 Å². The summed E-state index contributed by atoms with van der Waals surface area (Å²) in [6.07, 6.45) is 3.44. The molecule has 3 rings (SSSR count). The van der Waals surface area contributed by atoms with Gasteiger partial charge < -0.3 is 20.3 Å². The lowest BCUT2D eigenvalue weighted by molar-refractivity contribution is 0.139. The number of ether oxygens (including phenoxy) is 1. The van der Waals surface area contributed by atoms with E-state index in [-0.39, 0.29) is 30.8 Å². The minimum atomic E-state index is -0.465. The zero-order valence-corrected chi connectivity index (χ0v) is 17.9. The third kappa shape index (κ3) is 7.54. The van der Waals surface area contributed by atoms with Crippen molar-refractivity contribution in [3.8, 4) is 5.75 Å². The first kappa shape index (κ1) is 23.5. The van der Waals surface area contributed by atoms with E-state index in [0.717, 1.165) is 23.1 Å². The number of pyridine rings is 1. The van der Waals surface area contributed by atoms with Crippen LogP contribution in [0.1, 0.15) is 5.56 Å². The molecule has 2 aromatic rings. The number of carbonyl (C=O) groups excluding carboxylic acids is 1. The molecule has 2 heterocycles. The Morgan fingerprint density at radius 1 is 1.22 bits per heavy atom. The molecule has 2 amide bonds. The Morgan fingerprint density at radius 3 is 2.56 bits per heavy atom. The number of nitrogens with zero attached hydrogens (tertiary/aromatic N) is 2. The van der Waals surface area contributed by atoms with E-state index in [1.54, 1.807) is 17.3 Å². The fourth-order valence-electron chi connectivity index (χ4n) is 2.63. The minimum Gasteiger partial charge on any atom is -0.469 e. The molecule has 0 spiro atoms. The highest BCUT2D eigenvalue weighted by molar-refractivity contribution is 9.10. The molecule has 2 N–H and O–H groups in total. The van der Waals surface area contributed by atoms with Crippen molar-refractivity contribution in [1.82, 2.24) is 20.5 Å². The SMILES string of the molecule is Cl.Cl.O=C(NC(Cc1ccc(Br)cc1)Oc1cccnc1)N1CCNCC1. The van der Waals surface area contributed by atoms with Gasteiger partial charge >= 0.3 is 6.03 Å². The van der Waals surface area contributed by atoms with Gasteiger partial charge in [-0.05, 0) is 29.8 Å². The maximum Gasteiger partial charge on any atom is 0.320 e. The smallest absolute Gasteiger partial charge is 0.320 e. The van der Waals surface area contributed by atoms with Crippen molar-refractivity contribution < 1.29 is 9.53 Å². The van der Waals surface area contributed by atoms with Gasteiger partial charge in [0.05, 0.1) is 6.20 Å². The summed E-state index contributed by atoms with van der Waals surface area (Å²) >= 11 is 3.44. The fourth-order valence-corrected chi connectivity index (χ4v) is 2.90. The monoisotopic (exact) mass is 476 g/mol. The number of urea groups is 1. The molecule has 27 heavy (non-hydrogen) atoms. The molecule has 1 aromatic heterocycles. The Balaban J connectivity index is 0.00000182. The van der Waals surface area contributed by atoms with Gasteiger partial charge in [-0.2, -0.15) is 0 Å². The highest BCUT2D eigenvalue weighted by atomic mass is 79.9. The molecule has 6 nitrogen and oxygen atoms in total. The summed E-state index contributed by atoms with van der Waals surface area (Å²) in [5, 5.41) is 6.24. The predicted octanol–water partition coefficient (Wildman–Crippen LogP) is 3.25. The molecule has 148 valence electrons. The molecule has 0 bridgehead atoms. The van der Waals surface area contributed by atoms with Crippen molar-refractivity contribution in [2.24, 2.45) is 0 Å². The lowest BCUT2D eigenvalue weighted by atomic mass is 10.1. The van der Waals surface area contributed by atoms with Gasteiger partial charge in [0.2, 0.25) is 0 Å². The molecule has 1 aliphatic heterocycles. The highest BCUT2D eigenvalue weighted by Crippen LogP contribution is 2.15. The van der Waals surface area contributed by atoms with E-state index < -0.39 is 6.23 Å². The van der Waals surface area contributed by atoms with Gasteiger partial charge in [0.1, 0.15) is 5.75 Å². The van der Waals surface area contributed by atoms with Gasteiger partial charge in [0.15, 0.2) is 6.23 Å². The number of amides is 2. The molecule has 1 aliphatic rings. The zero-order chi connectivity index (χ0) is 17.5. The number of carbonyl (C=O) groups is 1. The summed E-state index contributed by atoms with van der Waals surface area (Å²) in [5.74, 6) is 0.630. The molecule has 0 saturated carbocycles. The second-order valence-electron chi connectivity index (χ2n) is 5.81. The van der Waals surface area contributed by atoms with E-state index in [4.69, 9.17) is 4.74 Å². The summed E-state index contributed by atoms with van der Waals surface area (Å²) in [6, 6.07) is 11.5. The van der Waals surface area contributed by atoms with Gasteiger partial charge in [-0.15, -0.1) is 24.8 Å². The van der Waals surface area contributed by atoms with E-state index in [0.29, 0.717) is 25.3 Å². The van der Waals surface area contributed by atoms with Crippen LogP contribution >= 0.6 is 40.7 Å². The van der Waals surface area contributed by atoms with Crippen LogP contribution in [0.15, 0.2) is 53.3 Å². The maximum absolute atomic E-state index is 12.5. The number of hydrogen-bond donors (Lipinski definition) is 2. The van der Waals surface area contributed by atoms with Gasteiger partial charge in [-0.3, -0.25) is 4.98 Å². The van der Waals surface area contributed by atoms with Crippen LogP contribution in [0.25, 0.3) is 0 Å². The summed E-state index contributed by atoms with van der Waals surface area (Å²) in [6.45, 7) is 3.02. The molecule has 1 atom stereocenters. The number of aromatic nitrogens is 1. The zero-order valence-electron chi connectivity index (χ0n) is 14.6. The van der Waals surface area contributed by atoms with Gasteiger partial charge in [0.25, 0.3) is 0 Å². The van der Waals surface area contributed by atoms with Crippen LogP contribution in [0, 0.1) is 0 Å². The van der Waals surface area contributed by atoms with Crippen molar-refractivity contribution in [3.63, 3.8) is 0 Å². The molecule has 9 heteroatoms. The average molecular weight is 478 g/mol. The van der Waals surface area contributed by atoms with Crippen LogP contribution in [-0.2, 0) is 6.42 Å².